The van der Waals surface area contributed by atoms with Crippen LogP contribution in [0.5, 0.6) is 0 Å². The molecule has 0 aromatic carbocycles. The van der Waals surface area contributed by atoms with Gasteiger partial charge in [0.05, 0.1) is 0 Å². The zero-order valence-corrected chi connectivity index (χ0v) is 12.5. The highest BCUT2D eigenvalue weighted by molar-refractivity contribution is 5.66. The van der Waals surface area contributed by atoms with Crippen LogP contribution in [0.25, 0.3) is 0 Å². The zero-order valence-electron chi connectivity index (χ0n) is 12.5. The fraction of sp³-hybridized carbons (Fsp3) is 0.824. The summed E-state index contributed by atoms with van der Waals surface area (Å²) in [6.45, 7) is 9.10. The van der Waals surface area contributed by atoms with Crippen molar-refractivity contribution in [1.29, 1.82) is 0 Å². The summed E-state index contributed by atoms with van der Waals surface area (Å²) in [4.78, 5) is 10.6. The minimum absolute atomic E-state index is 0.323. The second kappa shape index (κ2) is 5.68. The Labute approximate surface area is 117 Å². The molecule has 4 atom stereocenters. The topological polar surface area (TPSA) is 37.3 Å². The van der Waals surface area contributed by atoms with E-state index in [2.05, 4.69) is 20.4 Å². The van der Waals surface area contributed by atoms with Gasteiger partial charge in [0.2, 0.25) is 0 Å². The van der Waals surface area contributed by atoms with E-state index in [1.54, 1.807) is 0 Å². The molecule has 0 spiro atoms. The van der Waals surface area contributed by atoms with Crippen molar-refractivity contribution in [3.63, 3.8) is 0 Å². The Balaban J connectivity index is 1.96. The van der Waals surface area contributed by atoms with Crippen molar-refractivity contribution in [2.24, 2.45) is 23.2 Å². The molecule has 0 radical (unpaired) electrons. The summed E-state index contributed by atoms with van der Waals surface area (Å²) >= 11 is 0. The number of aliphatic carboxylic acids is 1. The van der Waals surface area contributed by atoms with E-state index in [1.807, 2.05) is 0 Å². The first-order valence-electron chi connectivity index (χ1n) is 7.84. The molecule has 2 saturated carbocycles. The van der Waals surface area contributed by atoms with E-state index in [0.717, 1.165) is 24.7 Å². The van der Waals surface area contributed by atoms with Gasteiger partial charge in [-0.15, -0.1) is 0 Å². The lowest BCUT2D eigenvalue weighted by molar-refractivity contribution is -0.137. The molecule has 1 unspecified atom stereocenters. The van der Waals surface area contributed by atoms with Crippen molar-refractivity contribution in [2.75, 3.05) is 0 Å². The fourth-order valence-electron chi connectivity index (χ4n) is 4.88. The Morgan fingerprint density at radius 3 is 2.95 bits per heavy atom. The monoisotopic (exact) mass is 264 g/mol. The van der Waals surface area contributed by atoms with Crippen LogP contribution >= 0.6 is 0 Å². The molecule has 2 heteroatoms. The quantitative estimate of drug-likeness (QED) is 0.734. The first-order chi connectivity index (χ1) is 8.95. The third kappa shape index (κ3) is 2.88. The lowest BCUT2D eigenvalue weighted by atomic mass is 9.61. The molecule has 0 saturated heterocycles. The van der Waals surface area contributed by atoms with Gasteiger partial charge in [0.15, 0.2) is 0 Å². The minimum atomic E-state index is -0.659. The number of carboxylic acid groups (broad SMARTS) is 1. The van der Waals surface area contributed by atoms with E-state index < -0.39 is 5.97 Å². The van der Waals surface area contributed by atoms with Crippen LogP contribution in [0.1, 0.15) is 65.2 Å². The van der Waals surface area contributed by atoms with Crippen molar-refractivity contribution >= 4 is 5.97 Å². The number of rotatable bonds is 5. The van der Waals surface area contributed by atoms with Gasteiger partial charge in [0.25, 0.3) is 0 Å². The molecule has 0 heterocycles. The van der Waals surface area contributed by atoms with Gasteiger partial charge >= 0.3 is 5.97 Å². The van der Waals surface area contributed by atoms with Gasteiger partial charge < -0.3 is 5.11 Å². The molecule has 0 aromatic rings. The lowest BCUT2D eigenvalue weighted by Gasteiger charge is -2.44. The number of hydrogen-bond acceptors (Lipinski definition) is 1. The van der Waals surface area contributed by atoms with Crippen LogP contribution in [0, 0.1) is 23.2 Å². The second-order valence-electron chi connectivity index (χ2n) is 7.02. The van der Waals surface area contributed by atoms with Crippen molar-refractivity contribution < 1.29 is 9.90 Å². The molecular weight excluding hydrogens is 236 g/mol. The highest BCUT2D eigenvalue weighted by atomic mass is 16.4. The van der Waals surface area contributed by atoms with Gasteiger partial charge in [-0.25, -0.2) is 0 Å². The summed E-state index contributed by atoms with van der Waals surface area (Å²) in [6, 6.07) is 0. The van der Waals surface area contributed by atoms with E-state index >= 15 is 0 Å². The first kappa shape index (κ1) is 14.6. The van der Waals surface area contributed by atoms with Crippen molar-refractivity contribution in [3.05, 3.63) is 12.2 Å². The average Bonchev–Trinajstić information content (AvgIpc) is 2.67. The Morgan fingerprint density at radius 1 is 1.53 bits per heavy atom. The van der Waals surface area contributed by atoms with Crippen LogP contribution in [-0.2, 0) is 4.79 Å². The summed E-state index contributed by atoms with van der Waals surface area (Å²) in [5.74, 6) is 1.49. The zero-order chi connectivity index (χ0) is 14.0. The SMILES string of the molecule is C=C1CCCC2(C)[C@@H]([C@H](C)CCCC(=O)O)CC[C@@H]12. The van der Waals surface area contributed by atoms with Crippen LogP contribution in [0.15, 0.2) is 12.2 Å². The van der Waals surface area contributed by atoms with E-state index in [4.69, 9.17) is 5.11 Å². The molecule has 2 aliphatic rings. The fourth-order valence-corrected chi connectivity index (χ4v) is 4.88. The number of carboxylic acids is 1. The third-order valence-corrected chi connectivity index (χ3v) is 5.85. The first-order valence-corrected chi connectivity index (χ1v) is 7.84. The van der Waals surface area contributed by atoms with E-state index in [-0.39, 0.29) is 0 Å². The van der Waals surface area contributed by atoms with Crippen LogP contribution in [0.3, 0.4) is 0 Å². The standard InChI is InChI=1S/C17H28O2/c1-12(6-4-8-16(18)19)14-9-10-15-13(2)7-5-11-17(14,15)3/h12,14-15H,2,4-11H2,1,3H3,(H,18,19)/t12-,14-,15+,17?/m1/s1. The normalized spacial score (nSPS) is 36.0. The molecule has 0 bridgehead atoms. The molecule has 0 aromatic heterocycles. The summed E-state index contributed by atoms with van der Waals surface area (Å²) in [7, 11) is 0. The van der Waals surface area contributed by atoms with Crippen LogP contribution in [0.2, 0.25) is 0 Å². The van der Waals surface area contributed by atoms with Crippen LogP contribution < -0.4 is 0 Å². The molecule has 1 N–H and O–H groups in total. The summed E-state index contributed by atoms with van der Waals surface area (Å²) in [6.07, 6.45) is 8.69. The highest BCUT2D eigenvalue weighted by Gasteiger charge is 2.49. The van der Waals surface area contributed by atoms with E-state index in [0.29, 0.717) is 17.8 Å². The molecule has 2 aliphatic carbocycles. The van der Waals surface area contributed by atoms with Crippen molar-refractivity contribution in [1.82, 2.24) is 0 Å². The maximum absolute atomic E-state index is 10.6. The summed E-state index contributed by atoms with van der Waals surface area (Å²) in [5.41, 5.74) is 1.92. The van der Waals surface area contributed by atoms with Gasteiger partial charge in [0.1, 0.15) is 0 Å². The van der Waals surface area contributed by atoms with Crippen LogP contribution in [0.4, 0.5) is 0 Å². The number of hydrogen-bond donors (Lipinski definition) is 1. The lowest BCUT2D eigenvalue weighted by Crippen LogP contribution is -2.35. The smallest absolute Gasteiger partial charge is 0.303 e. The van der Waals surface area contributed by atoms with E-state index in [9.17, 15) is 4.79 Å². The molecule has 108 valence electrons. The Morgan fingerprint density at radius 2 is 2.26 bits per heavy atom. The van der Waals surface area contributed by atoms with Gasteiger partial charge in [-0.1, -0.05) is 26.0 Å². The molecule has 2 nitrogen and oxygen atoms in total. The largest absolute Gasteiger partial charge is 0.481 e. The number of carbonyl (C=O) groups is 1. The summed E-state index contributed by atoms with van der Waals surface area (Å²) < 4.78 is 0. The Bertz CT molecular complexity index is 360. The number of fused-ring (bicyclic) bond motifs is 1. The van der Waals surface area contributed by atoms with E-state index in [1.165, 1.54) is 37.7 Å². The van der Waals surface area contributed by atoms with Gasteiger partial charge in [-0.2, -0.15) is 0 Å². The van der Waals surface area contributed by atoms with Gasteiger partial charge in [-0.05, 0) is 68.1 Å². The molecule has 0 amide bonds. The number of allylic oxidation sites excluding steroid dienone is 1. The highest BCUT2D eigenvalue weighted by Crippen LogP contribution is 2.59. The predicted molar refractivity (Wildman–Crippen MR) is 78.0 cm³/mol. The Kier molecular flexibility index (Phi) is 4.37. The summed E-state index contributed by atoms with van der Waals surface area (Å²) in [5, 5.41) is 8.75. The minimum Gasteiger partial charge on any atom is -0.481 e. The van der Waals surface area contributed by atoms with Crippen molar-refractivity contribution in [2.45, 2.75) is 65.2 Å². The second-order valence-corrected chi connectivity index (χ2v) is 7.02. The van der Waals surface area contributed by atoms with Crippen molar-refractivity contribution in [3.8, 4) is 0 Å². The molecule has 0 aliphatic heterocycles. The Hall–Kier alpha value is -0.790. The molecular formula is C17H28O2. The van der Waals surface area contributed by atoms with Gasteiger partial charge in [-0.3, -0.25) is 4.79 Å². The molecule has 2 rings (SSSR count). The predicted octanol–water partition coefficient (Wildman–Crippen LogP) is 4.65. The maximum Gasteiger partial charge on any atom is 0.303 e. The maximum atomic E-state index is 10.6. The molecule has 2 fully saturated rings. The third-order valence-electron chi connectivity index (χ3n) is 5.85. The average molecular weight is 264 g/mol. The molecule has 19 heavy (non-hydrogen) atoms. The van der Waals surface area contributed by atoms with Gasteiger partial charge in [0, 0.05) is 6.42 Å². The van der Waals surface area contributed by atoms with Crippen LogP contribution in [-0.4, -0.2) is 11.1 Å².